The zero-order valence-corrected chi connectivity index (χ0v) is 24.9. The number of esters is 1. The van der Waals surface area contributed by atoms with Gasteiger partial charge >= 0.3 is 5.97 Å². The zero-order chi connectivity index (χ0) is 29.1. The van der Waals surface area contributed by atoms with E-state index in [0.29, 0.717) is 44.4 Å². The van der Waals surface area contributed by atoms with E-state index in [2.05, 4.69) is 9.72 Å². The number of fused-ring (bicyclic) bond motifs is 1. The molecule has 2 aromatic heterocycles. The number of ether oxygens (including phenoxy) is 3. The van der Waals surface area contributed by atoms with Crippen molar-refractivity contribution in [3.8, 4) is 11.5 Å². The standard InChI is InChI=1S/C31H27Cl3N2O5/c1-18(2)29-24(27(35-41-29)17-40-30-25(33)13-22(32)14-26(30)34)16-39-23-7-8-28-20(12-23)9-10-36(28)15-19-5-4-6-21(11-19)31(37)38-3/h4-14,18H,15-17H2,1-3H3. The molecule has 0 aliphatic rings. The molecule has 7 nitrogen and oxygen atoms in total. The van der Waals surface area contributed by atoms with Crippen molar-refractivity contribution in [2.75, 3.05) is 7.11 Å². The predicted molar refractivity (Wildman–Crippen MR) is 160 cm³/mol. The van der Waals surface area contributed by atoms with Crippen LogP contribution in [-0.4, -0.2) is 22.8 Å². The third kappa shape index (κ3) is 6.48. The van der Waals surface area contributed by atoms with Crippen molar-refractivity contribution in [2.24, 2.45) is 0 Å². The third-order valence-electron chi connectivity index (χ3n) is 6.57. The number of hydrogen-bond donors (Lipinski definition) is 0. The molecule has 0 fully saturated rings. The molecule has 41 heavy (non-hydrogen) atoms. The normalized spacial score (nSPS) is 11.3. The molecule has 0 unspecified atom stereocenters. The van der Waals surface area contributed by atoms with E-state index in [1.165, 1.54) is 7.11 Å². The molecule has 0 atom stereocenters. The second-order valence-corrected chi connectivity index (χ2v) is 11.0. The highest BCUT2D eigenvalue weighted by molar-refractivity contribution is 6.40. The number of rotatable bonds is 10. The summed E-state index contributed by atoms with van der Waals surface area (Å²) in [5.74, 6) is 1.48. The summed E-state index contributed by atoms with van der Waals surface area (Å²) >= 11 is 18.6. The highest BCUT2D eigenvalue weighted by atomic mass is 35.5. The molecule has 3 aromatic carbocycles. The Balaban J connectivity index is 1.31. The minimum atomic E-state index is -0.355. The van der Waals surface area contributed by atoms with Crippen molar-refractivity contribution in [1.29, 1.82) is 0 Å². The Kier molecular flexibility index (Phi) is 8.78. The van der Waals surface area contributed by atoms with Crippen LogP contribution in [-0.2, 0) is 24.5 Å². The van der Waals surface area contributed by atoms with Crippen LogP contribution in [0.3, 0.4) is 0 Å². The van der Waals surface area contributed by atoms with E-state index >= 15 is 0 Å². The van der Waals surface area contributed by atoms with E-state index in [1.54, 1.807) is 18.2 Å². The second-order valence-electron chi connectivity index (χ2n) is 9.76. The van der Waals surface area contributed by atoms with Gasteiger partial charge in [0.2, 0.25) is 0 Å². The summed E-state index contributed by atoms with van der Waals surface area (Å²) in [6, 6.07) is 18.5. The van der Waals surface area contributed by atoms with Gasteiger partial charge in [-0.3, -0.25) is 0 Å². The van der Waals surface area contributed by atoms with Gasteiger partial charge < -0.3 is 23.3 Å². The number of halogens is 3. The van der Waals surface area contributed by atoms with Crippen LogP contribution in [0, 0.1) is 0 Å². The SMILES string of the molecule is COC(=O)c1cccc(Cn2ccc3cc(OCc4c(COc5c(Cl)cc(Cl)cc5Cl)noc4C(C)C)ccc32)c1. The molecule has 0 aliphatic carbocycles. The summed E-state index contributed by atoms with van der Waals surface area (Å²) in [6.45, 7) is 4.99. The van der Waals surface area contributed by atoms with Crippen LogP contribution in [0.4, 0.5) is 0 Å². The first-order valence-corrected chi connectivity index (χ1v) is 14.0. The minimum absolute atomic E-state index is 0.0896. The number of carbonyl (C=O) groups is 1. The Bertz CT molecular complexity index is 1690. The third-order valence-corrected chi connectivity index (χ3v) is 7.35. The van der Waals surface area contributed by atoms with Crippen molar-refractivity contribution in [3.63, 3.8) is 0 Å². The van der Waals surface area contributed by atoms with Gasteiger partial charge in [0.25, 0.3) is 0 Å². The lowest BCUT2D eigenvalue weighted by atomic mass is 10.1. The van der Waals surface area contributed by atoms with Crippen LogP contribution in [0.15, 0.2) is 71.4 Å². The predicted octanol–water partition coefficient (Wildman–Crippen LogP) is 8.71. The molecule has 0 bridgehead atoms. The van der Waals surface area contributed by atoms with Crippen LogP contribution in [0.25, 0.3) is 10.9 Å². The summed E-state index contributed by atoms with van der Waals surface area (Å²) in [5, 5.41) is 6.30. The van der Waals surface area contributed by atoms with Gasteiger partial charge in [0, 0.05) is 34.6 Å². The molecular formula is C31H27Cl3N2O5. The van der Waals surface area contributed by atoms with Crippen molar-refractivity contribution in [3.05, 3.63) is 110 Å². The van der Waals surface area contributed by atoms with Crippen molar-refractivity contribution in [2.45, 2.75) is 39.5 Å². The summed E-state index contributed by atoms with van der Waals surface area (Å²) < 4.78 is 24.7. The van der Waals surface area contributed by atoms with Gasteiger partial charge in [0.1, 0.15) is 30.4 Å². The molecule has 0 N–H and O–H groups in total. The Morgan fingerprint density at radius 3 is 2.49 bits per heavy atom. The Labute approximate surface area is 252 Å². The number of hydrogen-bond acceptors (Lipinski definition) is 6. The number of nitrogens with zero attached hydrogens (tertiary/aromatic N) is 2. The van der Waals surface area contributed by atoms with Crippen LogP contribution in [0.2, 0.25) is 15.1 Å². The van der Waals surface area contributed by atoms with Gasteiger partial charge in [0.05, 0.1) is 28.3 Å². The van der Waals surface area contributed by atoms with Crippen molar-refractivity contribution >= 4 is 51.7 Å². The monoisotopic (exact) mass is 612 g/mol. The maximum Gasteiger partial charge on any atom is 0.337 e. The molecule has 10 heteroatoms. The van der Waals surface area contributed by atoms with E-state index in [9.17, 15) is 4.79 Å². The lowest BCUT2D eigenvalue weighted by Gasteiger charge is -2.12. The highest BCUT2D eigenvalue weighted by Gasteiger charge is 2.21. The molecule has 5 rings (SSSR count). The van der Waals surface area contributed by atoms with E-state index in [4.69, 9.17) is 53.5 Å². The Morgan fingerprint density at radius 2 is 1.76 bits per heavy atom. The molecular weight excluding hydrogens is 587 g/mol. The first-order valence-electron chi connectivity index (χ1n) is 12.9. The average molecular weight is 614 g/mol. The summed E-state index contributed by atoms with van der Waals surface area (Å²) in [6.07, 6.45) is 2.01. The molecule has 2 heterocycles. The van der Waals surface area contributed by atoms with Crippen LogP contribution in [0.5, 0.6) is 11.5 Å². The fourth-order valence-electron chi connectivity index (χ4n) is 4.56. The molecule has 5 aromatic rings. The molecule has 0 amide bonds. The van der Waals surface area contributed by atoms with E-state index < -0.39 is 0 Å². The lowest BCUT2D eigenvalue weighted by molar-refractivity contribution is 0.0600. The van der Waals surface area contributed by atoms with E-state index in [-0.39, 0.29) is 25.1 Å². The van der Waals surface area contributed by atoms with Crippen molar-refractivity contribution in [1.82, 2.24) is 9.72 Å². The number of benzene rings is 3. The minimum Gasteiger partial charge on any atom is -0.489 e. The summed E-state index contributed by atoms with van der Waals surface area (Å²) in [4.78, 5) is 11.9. The molecule has 0 saturated heterocycles. The molecule has 0 radical (unpaired) electrons. The fraction of sp³-hybridized carbons (Fsp3) is 0.226. The van der Waals surface area contributed by atoms with Gasteiger partial charge in [-0.25, -0.2) is 4.79 Å². The topological polar surface area (TPSA) is 75.7 Å². The zero-order valence-electron chi connectivity index (χ0n) is 22.6. The number of methoxy groups -OCH3 is 1. The Morgan fingerprint density at radius 1 is 0.976 bits per heavy atom. The first-order chi connectivity index (χ1) is 19.7. The first kappa shape index (κ1) is 28.9. The van der Waals surface area contributed by atoms with Crippen LogP contribution >= 0.6 is 34.8 Å². The summed E-state index contributed by atoms with van der Waals surface area (Å²) in [7, 11) is 1.38. The molecule has 212 valence electrons. The maximum atomic E-state index is 11.9. The van der Waals surface area contributed by atoms with Gasteiger partial charge in [0.15, 0.2) is 5.75 Å². The van der Waals surface area contributed by atoms with Gasteiger partial charge in [-0.15, -0.1) is 0 Å². The van der Waals surface area contributed by atoms with E-state index in [0.717, 1.165) is 27.8 Å². The number of aromatic nitrogens is 2. The molecule has 0 saturated carbocycles. The van der Waals surface area contributed by atoms with Crippen LogP contribution < -0.4 is 9.47 Å². The molecule has 0 spiro atoms. The quantitative estimate of drug-likeness (QED) is 0.147. The second kappa shape index (κ2) is 12.5. The Hall–Kier alpha value is -3.65. The fourth-order valence-corrected chi connectivity index (χ4v) is 5.48. The van der Waals surface area contributed by atoms with Gasteiger partial charge in [-0.2, -0.15) is 0 Å². The van der Waals surface area contributed by atoms with Crippen LogP contribution in [0.1, 0.15) is 52.7 Å². The highest BCUT2D eigenvalue weighted by Crippen LogP contribution is 2.37. The van der Waals surface area contributed by atoms with Gasteiger partial charge in [-0.1, -0.05) is 65.9 Å². The van der Waals surface area contributed by atoms with Crippen molar-refractivity contribution < 1.29 is 23.5 Å². The van der Waals surface area contributed by atoms with E-state index in [1.807, 2.05) is 62.5 Å². The summed E-state index contributed by atoms with van der Waals surface area (Å²) in [5.41, 5.74) is 3.96. The average Bonchev–Trinajstić information content (AvgIpc) is 3.54. The van der Waals surface area contributed by atoms with Gasteiger partial charge in [-0.05, 0) is 54.1 Å². The lowest BCUT2D eigenvalue weighted by Crippen LogP contribution is -2.05. The molecule has 0 aliphatic heterocycles. The maximum absolute atomic E-state index is 11.9. The smallest absolute Gasteiger partial charge is 0.337 e. The number of carbonyl (C=O) groups excluding carboxylic acids is 1. The largest absolute Gasteiger partial charge is 0.489 e.